The fourth-order valence-corrected chi connectivity index (χ4v) is 5.70. The lowest BCUT2D eigenvalue weighted by molar-refractivity contribution is 0.218. The summed E-state index contributed by atoms with van der Waals surface area (Å²) in [5, 5.41) is 0.842. The summed E-state index contributed by atoms with van der Waals surface area (Å²) >= 11 is 7.27. The maximum Gasteiger partial charge on any atom is 0.267 e. The summed E-state index contributed by atoms with van der Waals surface area (Å²) in [6.45, 7) is 8.95. The molecule has 4 rings (SSSR count). The minimum Gasteiger partial charge on any atom is -0.323 e. The highest BCUT2D eigenvalue weighted by Crippen LogP contribution is 2.42. The van der Waals surface area contributed by atoms with Crippen molar-refractivity contribution in [3.8, 4) is 5.69 Å². The van der Waals surface area contributed by atoms with Gasteiger partial charge < -0.3 is 4.98 Å². The molecule has 0 saturated heterocycles. The summed E-state index contributed by atoms with van der Waals surface area (Å²) in [5.74, 6) is 0.657. The van der Waals surface area contributed by atoms with E-state index in [2.05, 4.69) is 25.8 Å². The molecule has 1 unspecified atom stereocenters. The van der Waals surface area contributed by atoms with E-state index in [1.54, 1.807) is 15.9 Å². The predicted molar refractivity (Wildman–Crippen MR) is 112 cm³/mol. The molecular weight excluding hydrogens is 360 g/mol. The second-order valence-corrected chi connectivity index (χ2v) is 9.86. The Hall–Kier alpha value is -1.72. The van der Waals surface area contributed by atoms with Crippen molar-refractivity contribution in [2.24, 2.45) is 11.3 Å². The molecule has 2 aromatic heterocycles. The molecular formula is C21H24N2OS2. The largest absolute Gasteiger partial charge is 0.323 e. The van der Waals surface area contributed by atoms with Crippen LogP contribution in [0.15, 0.2) is 29.1 Å². The molecule has 1 N–H and O–H groups in total. The van der Waals surface area contributed by atoms with Gasteiger partial charge in [0.15, 0.2) is 4.77 Å². The maximum absolute atomic E-state index is 13.4. The molecule has 3 nitrogen and oxygen atoms in total. The summed E-state index contributed by atoms with van der Waals surface area (Å²) in [6.07, 6.45) is 3.18. The number of nitrogens with zero attached hydrogens (tertiary/aromatic N) is 1. The van der Waals surface area contributed by atoms with Gasteiger partial charge in [-0.15, -0.1) is 11.3 Å². The lowest BCUT2D eigenvalue weighted by Crippen LogP contribution is -2.27. The molecule has 0 radical (unpaired) electrons. The predicted octanol–water partition coefficient (Wildman–Crippen LogP) is 5.57. The monoisotopic (exact) mass is 384 g/mol. The van der Waals surface area contributed by atoms with Gasteiger partial charge in [0, 0.05) is 4.88 Å². The van der Waals surface area contributed by atoms with Crippen LogP contribution < -0.4 is 5.56 Å². The third-order valence-corrected chi connectivity index (χ3v) is 7.14. The molecule has 0 saturated carbocycles. The van der Waals surface area contributed by atoms with Gasteiger partial charge in [0.2, 0.25) is 0 Å². The number of rotatable bonds is 1. The quantitative estimate of drug-likeness (QED) is 0.557. The average Bonchev–Trinajstić information content (AvgIpc) is 2.93. The number of H-pyrrole nitrogens is 1. The van der Waals surface area contributed by atoms with E-state index in [4.69, 9.17) is 12.2 Å². The molecule has 1 aliphatic carbocycles. The van der Waals surface area contributed by atoms with Crippen molar-refractivity contribution in [1.29, 1.82) is 0 Å². The molecule has 3 aromatic rings. The number of para-hydroxylation sites is 1. The minimum absolute atomic E-state index is 0.0183. The third kappa shape index (κ3) is 2.78. The van der Waals surface area contributed by atoms with E-state index >= 15 is 0 Å². The van der Waals surface area contributed by atoms with Crippen LogP contribution in [0.4, 0.5) is 0 Å². The number of aromatic nitrogens is 2. The Labute approximate surface area is 162 Å². The van der Waals surface area contributed by atoms with Gasteiger partial charge in [-0.05, 0) is 66.9 Å². The number of hydrogen-bond acceptors (Lipinski definition) is 3. The molecule has 0 spiro atoms. The Morgan fingerprint density at radius 2 is 2.00 bits per heavy atom. The second-order valence-electron chi connectivity index (χ2n) is 8.37. The number of benzene rings is 1. The topological polar surface area (TPSA) is 37.8 Å². The standard InChI is InChI=1S/C21H24N2OS2/c1-12-7-5-6-8-15(12)23-19(24)17-14-10-9-13(21(2,3)4)11-16(14)26-18(17)22-20(23)25/h5-8,13H,9-11H2,1-4H3,(H,22,25). The molecule has 1 atom stereocenters. The van der Waals surface area contributed by atoms with Crippen LogP contribution in [-0.2, 0) is 12.8 Å². The Morgan fingerprint density at radius 1 is 1.27 bits per heavy atom. The zero-order valence-electron chi connectivity index (χ0n) is 15.7. The van der Waals surface area contributed by atoms with Gasteiger partial charge in [-0.2, -0.15) is 0 Å². The van der Waals surface area contributed by atoms with Crippen LogP contribution in [0.1, 0.15) is 43.2 Å². The van der Waals surface area contributed by atoms with Crippen molar-refractivity contribution in [3.05, 3.63) is 55.4 Å². The van der Waals surface area contributed by atoms with Gasteiger partial charge in [-0.3, -0.25) is 9.36 Å². The van der Waals surface area contributed by atoms with E-state index in [0.29, 0.717) is 16.1 Å². The van der Waals surface area contributed by atoms with Crippen LogP contribution in [-0.4, -0.2) is 9.55 Å². The van der Waals surface area contributed by atoms with Crippen molar-refractivity contribution in [2.45, 2.75) is 47.0 Å². The van der Waals surface area contributed by atoms with Crippen LogP contribution in [0.2, 0.25) is 0 Å². The van der Waals surface area contributed by atoms with E-state index in [-0.39, 0.29) is 5.56 Å². The van der Waals surface area contributed by atoms with Crippen LogP contribution in [0, 0.1) is 23.0 Å². The zero-order chi connectivity index (χ0) is 18.6. The maximum atomic E-state index is 13.4. The SMILES string of the molecule is Cc1ccccc1-n1c(=S)[nH]c2sc3c(c2c1=O)CCC(C(C)(C)C)C3. The number of thiophene rings is 1. The highest BCUT2D eigenvalue weighted by atomic mass is 32.1. The number of nitrogens with one attached hydrogen (secondary N) is 1. The van der Waals surface area contributed by atoms with Gasteiger partial charge in [-0.1, -0.05) is 39.0 Å². The minimum atomic E-state index is 0.0183. The summed E-state index contributed by atoms with van der Waals surface area (Å²) in [7, 11) is 0. The molecule has 26 heavy (non-hydrogen) atoms. The number of aromatic amines is 1. The van der Waals surface area contributed by atoms with Crippen LogP contribution in [0.25, 0.3) is 15.9 Å². The highest BCUT2D eigenvalue weighted by Gasteiger charge is 2.31. The van der Waals surface area contributed by atoms with E-state index in [9.17, 15) is 4.79 Å². The van der Waals surface area contributed by atoms with E-state index in [0.717, 1.165) is 40.7 Å². The summed E-state index contributed by atoms with van der Waals surface area (Å²) < 4.78 is 2.14. The van der Waals surface area contributed by atoms with Gasteiger partial charge >= 0.3 is 0 Å². The lowest BCUT2D eigenvalue weighted by Gasteiger charge is -2.33. The van der Waals surface area contributed by atoms with Crippen molar-refractivity contribution in [2.75, 3.05) is 0 Å². The normalized spacial score (nSPS) is 17.5. The molecule has 136 valence electrons. The molecule has 0 fully saturated rings. The van der Waals surface area contributed by atoms with E-state index in [1.807, 2.05) is 31.2 Å². The Bertz CT molecular complexity index is 1110. The van der Waals surface area contributed by atoms with Crippen LogP contribution in [0.3, 0.4) is 0 Å². The first kappa shape index (κ1) is 17.7. The molecule has 5 heteroatoms. The van der Waals surface area contributed by atoms with Gasteiger partial charge in [0.25, 0.3) is 5.56 Å². The first-order chi connectivity index (χ1) is 12.3. The highest BCUT2D eigenvalue weighted by molar-refractivity contribution is 7.71. The Kier molecular flexibility index (Phi) is 4.20. The first-order valence-electron chi connectivity index (χ1n) is 9.13. The van der Waals surface area contributed by atoms with E-state index < -0.39 is 0 Å². The molecule has 1 aromatic carbocycles. The average molecular weight is 385 g/mol. The lowest BCUT2D eigenvalue weighted by atomic mass is 9.72. The molecule has 0 aliphatic heterocycles. The van der Waals surface area contributed by atoms with Crippen LogP contribution >= 0.6 is 23.6 Å². The van der Waals surface area contributed by atoms with Crippen LogP contribution in [0.5, 0.6) is 0 Å². The molecule has 0 amide bonds. The van der Waals surface area contributed by atoms with Crippen molar-refractivity contribution < 1.29 is 0 Å². The summed E-state index contributed by atoms with van der Waals surface area (Å²) in [4.78, 5) is 19.0. The van der Waals surface area contributed by atoms with Crippen molar-refractivity contribution >= 4 is 33.8 Å². The zero-order valence-corrected chi connectivity index (χ0v) is 17.3. The number of aryl methyl sites for hydroxylation is 2. The van der Waals surface area contributed by atoms with Crippen molar-refractivity contribution in [1.82, 2.24) is 9.55 Å². The van der Waals surface area contributed by atoms with Gasteiger partial charge in [0.1, 0.15) is 4.83 Å². The number of hydrogen-bond donors (Lipinski definition) is 1. The number of fused-ring (bicyclic) bond motifs is 3. The second kappa shape index (κ2) is 6.17. The fourth-order valence-electron chi connectivity index (χ4n) is 4.03. The Morgan fingerprint density at radius 3 is 2.69 bits per heavy atom. The third-order valence-electron chi connectivity index (χ3n) is 5.69. The summed E-state index contributed by atoms with van der Waals surface area (Å²) in [6, 6.07) is 7.90. The Balaban J connectivity index is 1.94. The van der Waals surface area contributed by atoms with E-state index in [1.165, 1.54) is 10.4 Å². The van der Waals surface area contributed by atoms with Gasteiger partial charge in [-0.25, -0.2) is 0 Å². The van der Waals surface area contributed by atoms with Gasteiger partial charge in [0.05, 0.1) is 11.1 Å². The van der Waals surface area contributed by atoms with Crippen molar-refractivity contribution in [3.63, 3.8) is 0 Å². The smallest absolute Gasteiger partial charge is 0.267 e. The summed E-state index contributed by atoms with van der Waals surface area (Å²) in [5.41, 5.74) is 3.46. The molecule has 1 aliphatic rings. The molecule has 0 bridgehead atoms. The fraction of sp³-hybridized carbons (Fsp3) is 0.429. The first-order valence-corrected chi connectivity index (χ1v) is 10.4. The molecule has 2 heterocycles.